The predicted octanol–water partition coefficient (Wildman–Crippen LogP) is 5.10. The van der Waals surface area contributed by atoms with Gasteiger partial charge in [-0.2, -0.15) is 0 Å². The largest absolute Gasteiger partial charge is 0.310 e. The fraction of sp³-hybridized carbons (Fsp3) is 0.526. The van der Waals surface area contributed by atoms with Crippen molar-refractivity contribution < 1.29 is 0 Å². The van der Waals surface area contributed by atoms with Crippen molar-refractivity contribution >= 4 is 10.9 Å². The molecule has 0 amide bonds. The van der Waals surface area contributed by atoms with Gasteiger partial charge in [-0.25, -0.2) is 0 Å². The van der Waals surface area contributed by atoms with Crippen LogP contribution in [0.15, 0.2) is 36.5 Å². The molecule has 114 valence electrons. The Balaban J connectivity index is 2.29. The summed E-state index contributed by atoms with van der Waals surface area (Å²) in [6, 6.07) is 11.1. The molecule has 0 aliphatic carbocycles. The van der Waals surface area contributed by atoms with Crippen LogP contribution in [-0.2, 0) is 0 Å². The van der Waals surface area contributed by atoms with Crippen LogP contribution in [0.3, 0.4) is 0 Å². The molecule has 0 aliphatic heterocycles. The Morgan fingerprint density at radius 2 is 1.90 bits per heavy atom. The molecule has 2 heteroatoms. The lowest BCUT2D eigenvalue weighted by Gasteiger charge is -2.25. The first-order chi connectivity index (χ1) is 10.0. The van der Waals surface area contributed by atoms with E-state index in [1.807, 2.05) is 12.3 Å². The van der Waals surface area contributed by atoms with Crippen LogP contribution in [0, 0.1) is 5.41 Å². The summed E-state index contributed by atoms with van der Waals surface area (Å²) in [5.41, 5.74) is 2.85. The van der Waals surface area contributed by atoms with Crippen molar-refractivity contribution in [2.45, 2.75) is 53.0 Å². The Bertz CT molecular complexity index is 564. The molecule has 0 bridgehead atoms. The van der Waals surface area contributed by atoms with Crippen molar-refractivity contribution in [1.82, 2.24) is 10.3 Å². The Hall–Kier alpha value is -1.41. The number of nitrogens with zero attached hydrogens (tertiary/aromatic N) is 1. The molecule has 0 fully saturated rings. The van der Waals surface area contributed by atoms with Gasteiger partial charge in [-0.1, -0.05) is 52.0 Å². The number of aromatic nitrogens is 1. The Kier molecular flexibility index (Phi) is 5.35. The Labute approximate surface area is 129 Å². The number of pyridine rings is 1. The van der Waals surface area contributed by atoms with E-state index in [2.05, 4.69) is 62.3 Å². The SMILES string of the molecule is CCCNC(CCC(C)(C)C)c1cccc2cccnc12. The molecule has 2 aromatic rings. The topological polar surface area (TPSA) is 24.9 Å². The van der Waals surface area contributed by atoms with Gasteiger partial charge in [0.1, 0.15) is 0 Å². The van der Waals surface area contributed by atoms with Crippen LogP contribution in [0.4, 0.5) is 0 Å². The van der Waals surface area contributed by atoms with Crippen molar-refractivity contribution in [2.24, 2.45) is 5.41 Å². The molecule has 1 aromatic carbocycles. The number of para-hydroxylation sites is 1. The van der Waals surface area contributed by atoms with Gasteiger partial charge < -0.3 is 5.32 Å². The van der Waals surface area contributed by atoms with Gasteiger partial charge in [0, 0.05) is 17.6 Å². The van der Waals surface area contributed by atoms with Crippen molar-refractivity contribution in [2.75, 3.05) is 6.54 Å². The lowest BCUT2D eigenvalue weighted by atomic mass is 9.86. The Morgan fingerprint density at radius 1 is 1.14 bits per heavy atom. The summed E-state index contributed by atoms with van der Waals surface area (Å²) in [7, 11) is 0. The molecule has 0 saturated carbocycles. The molecule has 1 unspecified atom stereocenters. The van der Waals surface area contributed by atoms with Crippen LogP contribution >= 0.6 is 0 Å². The quantitative estimate of drug-likeness (QED) is 0.798. The van der Waals surface area contributed by atoms with Crippen LogP contribution in [-0.4, -0.2) is 11.5 Å². The highest BCUT2D eigenvalue weighted by Gasteiger charge is 2.18. The first-order valence-corrected chi connectivity index (χ1v) is 8.08. The first-order valence-electron chi connectivity index (χ1n) is 8.08. The van der Waals surface area contributed by atoms with E-state index in [9.17, 15) is 0 Å². The lowest BCUT2D eigenvalue weighted by Crippen LogP contribution is -2.24. The maximum atomic E-state index is 4.61. The average Bonchev–Trinajstić information content (AvgIpc) is 2.46. The maximum absolute atomic E-state index is 4.61. The van der Waals surface area contributed by atoms with Gasteiger partial charge >= 0.3 is 0 Å². The zero-order chi connectivity index (χ0) is 15.3. The molecule has 0 radical (unpaired) electrons. The number of nitrogens with one attached hydrogen (secondary N) is 1. The summed E-state index contributed by atoms with van der Waals surface area (Å²) in [6.07, 6.45) is 5.41. The minimum atomic E-state index is 0.365. The standard InChI is InChI=1S/C19H28N2/c1-5-13-20-17(11-12-19(2,3)4)16-10-6-8-15-9-7-14-21-18(15)16/h6-10,14,17,20H,5,11-13H2,1-4H3. The molecule has 2 rings (SSSR count). The smallest absolute Gasteiger partial charge is 0.0749 e. The van der Waals surface area contributed by atoms with E-state index in [0.717, 1.165) is 24.9 Å². The zero-order valence-electron chi connectivity index (χ0n) is 13.8. The monoisotopic (exact) mass is 284 g/mol. The van der Waals surface area contributed by atoms with Crippen LogP contribution in [0.1, 0.15) is 58.6 Å². The molecule has 1 atom stereocenters. The first kappa shape index (κ1) is 16.0. The van der Waals surface area contributed by atoms with E-state index < -0.39 is 0 Å². The number of rotatable bonds is 6. The van der Waals surface area contributed by atoms with Crippen molar-refractivity contribution in [1.29, 1.82) is 0 Å². The van der Waals surface area contributed by atoms with E-state index in [0.29, 0.717) is 11.5 Å². The Morgan fingerprint density at radius 3 is 2.62 bits per heavy atom. The second kappa shape index (κ2) is 7.04. The van der Waals surface area contributed by atoms with Gasteiger partial charge in [-0.3, -0.25) is 4.98 Å². The van der Waals surface area contributed by atoms with E-state index in [1.54, 1.807) is 0 Å². The van der Waals surface area contributed by atoms with Gasteiger partial charge in [0.2, 0.25) is 0 Å². The second-order valence-corrected chi connectivity index (χ2v) is 7.03. The van der Waals surface area contributed by atoms with Crippen molar-refractivity contribution in [3.05, 3.63) is 42.1 Å². The fourth-order valence-corrected chi connectivity index (χ4v) is 2.67. The normalized spacial score (nSPS) is 13.5. The average molecular weight is 284 g/mol. The minimum absolute atomic E-state index is 0.365. The summed E-state index contributed by atoms with van der Waals surface area (Å²) in [5.74, 6) is 0. The van der Waals surface area contributed by atoms with Crippen LogP contribution in [0.5, 0.6) is 0 Å². The van der Waals surface area contributed by atoms with Crippen LogP contribution < -0.4 is 5.32 Å². The van der Waals surface area contributed by atoms with E-state index in [-0.39, 0.29) is 0 Å². The maximum Gasteiger partial charge on any atom is 0.0749 e. The predicted molar refractivity (Wildman–Crippen MR) is 91.5 cm³/mol. The highest BCUT2D eigenvalue weighted by Crippen LogP contribution is 2.30. The molecule has 1 N–H and O–H groups in total. The van der Waals surface area contributed by atoms with E-state index in [4.69, 9.17) is 0 Å². The second-order valence-electron chi connectivity index (χ2n) is 7.03. The number of benzene rings is 1. The summed E-state index contributed by atoms with van der Waals surface area (Å²) in [4.78, 5) is 4.61. The molecule has 1 heterocycles. The van der Waals surface area contributed by atoms with Crippen molar-refractivity contribution in [3.8, 4) is 0 Å². The third-order valence-electron chi connectivity index (χ3n) is 3.86. The molecule has 0 spiro atoms. The summed E-state index contributed by atoms with van der Waals surface area (Å²) in [6.45, 7) is 10.2. The highest BCUT2D eigenvalue weighted by atomic mass is 14.9. The number of hydrogen-bond acceptors (Lipinski definition) is 2. The summed E-state index contributed by atoms with van der Waals surface area (Å²) in [5, 5.41) is 4.94. The van der Waals surface area contributed by atoms with Gasteiger partial charge in [-0.15, -0.1) is 0 Å². The van der Waals surface area contributed by atoms with E-state index >= 15 is 0 Å². The third kappa shape index (κ3) is 4.53. The molecular weight excluding hydrogens is 256 g/mol. The molecular formula is C19H28N2. The summed E-state index contributed by atoms with van der Waals surface area (Å²) >= 11 is 0. The number of fused-ring (bicyclic) bond motifs is 1. The van der Waals surface area contributed by atoms with E-state index in [1.165, 1.54) is 17.4 Å². The van der Waals surface area contributed by atoms with Gasteiger partial charge in [0.15, 0.2) is 0 Å². The highest BCUT2D eigenvalue weighted by molar-refractivity contribution is 5.81. The third-order valence-corrected chi connectivity index (χ3v) is 3.86. The fourth-order valence-electron chi connectivity index (χ4n) is 2.67. The number of hydrogen-bond donors (Lipinski definition) is 1. The molecule has 2 nitrogen and oxygen atoms in total. The zero-order valence-corrected chi connectivity index (χ0v) is 13.8. The van der Waals surface area contributed by atoms with Crippen LogP contribution in [0.25, 0.3) is 10.9 Å². The van der Waals surface area contributed by atoms with Crippen LogP contribution in [0.2, 0.25) is 0 Å². The molecule has 1 aromatic heterocycles. The molecule has 0 aliphatic rings. The van der Waals surface area contributed by atoms with Gasteiger partial charge in [-0.05, 0) is 42.9 Å². The molecule has 21 heavy (non-hydrogen) atoms. The molecule has 0 saturated heterocycles. The summed E-state index contributed by atoms with van der Waals surface area (Å²) < 4.78 is 0. The van der Waals surface area contributed by atoms with Gasteiger partial charge in [0.05, 0.1) is 5.52 Å². The minimum Gasteiger partial charge on any atom is -0.310 e. The lowest BCUT2D eigenvalue weighted by molar-refractivity contribution is 0.332. The van der Waals surface area contributed by atoms with Crippen molar-refractivity contribution in [3.63, 3.8) is 0 Å². The van der Waals surface area contributed by atoms with Gasteiger partial charge in [0.25, 0.3) is 0 Å².